The van der Waals surface area contributed by atoms with Gasteiger partial charge in [0.1, 0.15) is 0 Å². The van der Waals surface area contributed by atoms with E-state index in [4.69, 9.17) is 4.99 Å². The zero-order valence-electron chi connectivity index (χ0n) is 11.2. The van der Waals surface area contributed by atoms with E-state index in [-0.39, 0.29) is 6.03 Å². The molecule has 104 valence electrons. The highest BCUT2D eigenvalue weighted by Crippen LogP contribution is 2.38. The van der Waals surface area contributed by atoms with E-state index in [9.17, 15) is 4.79 Å². The molecule has 1 aromatic carbocycles. The SMILES string of the molecule is O=C1N(c2ccccc2)CSC2=NC3CCCCC3N12. The second-order valence-electron chi connectivity index (χ2n) is 5.52. The molecular formula is C15H17N3OS. The average Bonchev–Trinajstić information content (AvgIpc) is 2.88. The van der Waals surface area contributed by atoms with Gasteiger partial charge in [-0.15, -0.1) is 0 Å². The average molecular weight is 287 g/mol. The Morgan fingerprint density at radius 1 is 1.15 bits per heavy atom. The van der Waals surface area contributed by atoms with Crippen molar-refractivity contribution in [2.24, 2.45) is 4.99 Å². The molecule has 0 N–H and O–H groups in total. The number of thioether (sulfide) groups is 1. The van der Waals surface area contributed by atoms with Gasteiger partial charge in [-0.25, -0.2) is 4.79 Å². The number of hydrogen-bond donors (Lipinski definition) is 0. The van der Waals surface area contributed by atoms with Gasteiger partial charge in [0.2, 0.25) is 0 Å². The molecule has 0 spiro atoms. The molecule has 1 saturated heterocycles. The second kappa shape index (κ2) is 4.81. The monoisotopic (exact) mass is 287 g/mol. The summed E-state index contributed by atoms with van der Waals surface area (Å²) in [5.74, 6) is 0.664. The molecule has 3 aliphatic rings. The number of anilines is 1. The van der Waals surface area contributed by atoms with Gasteiger partial charge in [0.15, 0.2) is 5.17 Å². The maximum absolute atomic E-state index is 12.8. The maximum atomic E-state index is 12.8. The quantitative estimate of drug-likeness (QED) is 0.794. The molecule has 4 rings (SSSR count). The molecule has 0 aromatic heterocycles. The van der Waals surface area contributed by atoms with Crippen LogP contribution in [0, 0.1) is 0 Å². The molecule has 5 heteroatoms. The Bertz CT molecular complexity index is 559. The highest BCUT2D eigenvalue weighted by molar-refractivity contribution is 8.14. The zero-order chi connectivity index (χ0) is 13.5. The van der Waals surface area contributed by atoms with Gasteiger partial charge < -0.3 is 0 Å². The molecule has 0 radical (unpaired) electrons. The standard InChI is InChI=1S/C15H17N3OS/c19-15-17(11-6-2-1-3-7-11)10-20-14-16-12-8-4-5-9-13(12)18(14)15/h1-3,6-7,12-13H,4-5,8-10H2. The van der Waals surface area contributed by atoms with E-state index in [1.54, 1.807) is 11.8 Å². The number of benzene rings is 1. The van der Waals surface area contributed by atoms with Gasteiger partial charge >= 0.3 is 6.03 Å². The summed E-state index contributed by atoms with van der Waals surface area (Å²) < 4.78 is 0. The van der Waals surface area contributed by atoms with E-state index >= 15 is 0 Å². The van der Waals surface area contributed by atoms with Crippen molar-refractivity contribution >= 4 is 28.6 Å². The molecule has 2 heterocycles. The first kappa shape index (κ1) is 12.3. The number of urea groups is 1. The predicted molar refractivity (Wildman–Crippen MR) is 82.1 cm³/mol. The molecule has 2 fully saturated rings. The molecule has 2 unspecified atom stereocenters. The lowest BCUT2D eigenvalue weighted by Crippen LogP contribution is -2.53. The molecule has 4 nitrogen and oxygen atoms in total. The van der Waals surface area contributed by atoms with Crippen LogP contribution in [0.2, 0.25) is 0 Å². The van der Waals surface area contributed by atoms with Gasteiger partial charge in [0.25, 0.3) is 0 Å². The third-order valence-electron chi connectivity index (χ3n) is 4.34. The summed E-state index contributed by atoms with van der Waals surface area (Å²) in [5, 5.41) is 0.944. The highest BCUT2D eigenvalue weighted by Gasteiger charge is 2.45. The van der Waals surface area contributed by atoms with Crippen LogP contribution in [0.4, 0.5) is 10.5 Å². The zero-order valence-corrected chi connectivity index (χ0v) is 12.1. The van der Waals surface area contributed by atoms with Crippen LogP contribution in [-0.4, -0.2) is 34.1 Å². The molecule has 1 aliphatic carbocycles. The molecule has 1 aromatic rings. The smallest absolute Gasteiger partial charge is 0.284 e. The van der Waals surface area contributed by atoms with E-state index in [0.29, 0.717) is 18.0 Å². The van der Waals surface area contributed by atoms with Crippen LogP contribution in [0.5, 0.6) is 0 Å². The van der Waals surface area contributed by atoms with Crippen LogP contribution in [0.1, 0.15) is 25.7 Å². The van der Waals surface area contributed by atoms with Crippen LogP contribution < -0.4 is 4.90 Å². The van der Waals surface area contributed by atoms with Crippen molar-refractivity contribution in [3.8, 4) is 0 Å². The van der Waals surface area contributed by atoms with Gasteiger partial charge in [-0.2, -0.15) is 0 Å². The van der Waals surface area contributed by atoms with E-state index in [1.165, 1.54) is 12.8 Å². The minimum absolute atomic E-state index is 0.100. The summed E-state index contributed by atoms with van der Waals surface area (Å²) in [7, 11) is 0. The number of carbonyl (C=O) groups is 1. The van der Waals surface area contributed by atoms with Gasteiger partial charge in [-0.1, -0.05) is 42.8 Å². The van der Waals surface area contributed by atoms with Crippen LogP contribution in [0.25, 0.3) is 0 Å². The van der Waals surface area contributed by atoms with Crippen molar-refractivity contribution < 1.29 is 4.79 Å². The number of nitrogens with zero attached hydrogens (tertiary/aromatic N) is 3. The first-order valence-corrected chi connectivity index (χ1v) is 8.19. The van der Waals surface area contributed by atoms with Crippen LogP contribution in [-0.2, 0) is 0 Å². The third-order valence-corrected chi connectivity index (χ3v) is 5.28. The number of amidine groups is 1. The second-order valence-corrected chi connectivity index (χ2v) is 6.43. The molecule has 1 saturated carbocycles. The number of carbonyl (C=O) groups excluding carboxylic acids is 1. The minimum Gasteiger partial charge on any atom is -0.284 e. The topological polar surface area (TPSA) is 35.9 Å². The molecule has 0 bridgehead atoms. The number of fused-ring (bicyclic) bond motifs is 3. The lowest BCUT2D eigenvalue weighted by atomic mass is 9.91. The number of aliphatic imine (C=N–C) groups is 1. The van der Waals surface area contributed by atoms with E-state index in [2.05, 4.69) is 0 Å². The summed E-state index contributed by atoms with van der Waals surface area (Å²) in [6, 6.07) is 10.7. The Balaban J connectivity index is 1.64. The molecule has 2 amide bonds. The lowest BCUT2D eigenvalue weighted by molar-refractivity contribution is 0.204. The summed E-state index contributed by atoms with van der Waals surface area (Å²) in [5.41, 5.74) is 0.975. The summed E-state index contributed by atoms with van der Waals surface area (Å²) in [4.78, 5) is 21.4. The Morgan fingerprint density at radius 2 is 1.95 bits per heavy atom. The van der Waals surface area contributed by atoms with Gasteiger partial charge in [-0.05, 0) is 25.0 Å². The van der Waals surface area contributed by atoms with Crippen molar-refractivity contribution in [2.75, 3.05) is 10.8 Å². The number of para-hydroxylation sites is 1. The molecular weight excluding hydrogens is 270 g/mol. The summed E-state index contributed by atoms with van der Waals surface area (Å²) in [6.07, 6.45) is 4.67. The summed E-state index contributed by atoms with van der Waals surface area (Å²) >= 11 is 1.69. The van der Waals surface area contributed by atoms with Crippen molar-refractivity contribution in [3.05, 3.63) is 30.3 Å². The van der Waals surface area contributed by atoms with Crippen molar-refractivity contribution in [1.82, 2.24) is 4.90 Å². The predicted octanol–water partition coefficient (Wildman–Crippen LogP) is 3.30. The minimum atomic E-state index is 0.100. The Labute approximate surface area is 122 Å². The fourth-order valence-electron chi connectivity index (χ4n) is 3.32. The fourth-order valence-corrected chi connectivity index (χ4v) is 4.39. The number of rotatable bonds is 1. The molecule has 20 heavy (non-hydrogen) atoms. The normalized spacial score (nSPS) is 29.0. The summed E-state index contributed by atoms with van der Waals surface area (Å²) in [6.45, 7) is 0. The first-order valence-electron chi connectivity index (χ1n) is 7.21. The Kier molecular flexibility index (Phi) is 2.95. The Hall–Kier alpha value is -1.49. The van der Waals surface area contributed by atoms with Crippen LogP contribution in [0.3, 0.4) is 0 Å². The van der Waals surface area contributed by atoms with Gasteiger partial charge in [-0.3, -0.25) is 14.8 Å². The van der Waals surface area contributed by atoms with Crippen molar-refractivity contribution in [1.29, 1.82) is 0 Å². The van der Waals surface area contributed by atoms with E-state index in [0.717, 1.165) is 23.7 Å². The third kappa shape index (κ3) is 1.84. The highest BCUT2D eigenvalue weighted by atomic mass is 32.2. The first-order chi connectivity index (χ1) is 9.84. The van der Waals surface area contributed by atoms with E-state index in [1.807, 2.05) is 40.1 Å². The Morgan fingerprint density at radius 3 is 2.80 bits per heavy atom. The number of amides is 2. The van der Waals surface area contributed by atoms with Crippen LogP contribution in [0.15, 0.2) is 35.3 Å². The molecule has 2 atom stereocenters. The fraction of sp³-hybridized carbons (Fsp3) is 0.467. The lowest BCUT2D eigenvalue weighted by Gasteiger charge is -2.38. The largest absolute Gasteiger partial charge is 0.331 e. The maximum Gasteiger partial charge on any atom is 0.331 e. The van der Waals surface area contributed by atoms with Crippen molar-refractivity contribution in [3.63, 3.8) is 0 Å². The van der Waals surface area contributed by atoms with Crippen LogP contribution >= 0.6 is 11.8 Å². The molecule has 2 aliphatic heterocycles. The van der Waals surface area contributed by atoms with Gasteiger partial charge in [0.05, 0.1) is 18.0 Å². The van der Waals surface area contributed by atoms with Crippen molar-refractivity contribution in [2.45, 2.75) is 37.8 Å². The van der Waals surface area contributed by atoms with E-state index < -0.39 is 0 Å². The van der Waals surface area contributed by atoms with Gasteiger partial charge in [0, 0.05) is 5.69 Å². The number of hydrogen-bond acceptors (Lipinski definition) is 3.